The van der Waals surface area contributed by atoms with Gasteiger partial charge in [0.25, 0.3) is 0 Å². The van der Waals surface area contributed by atoms with Crippen LogP contribution in [0.25, 0.3) is 0 Å². The SMILES string of the molecule is CC(C)(C)OC(=O)N1CC(C(=O)N2CCOc3c(Br)cncc32)C1. The fraction of sp³-hybridized carbons (Fsp3) is 0.562. The molecule has 0 saturated carbocycles. The van der Waals surface area contributed by atoms with Gasteiger partial charge in [-0.2, -0.15) is 0 Å². The minimum absolute atomic E-state index is 0.0146. The summed E-state index contributed by atoms with van der Waals surface area (Å²) >= 11 is 3.39. The van der Waals surface area contributed by atoms with Gasteiger partial charge in [-0.25, -0.2) is 4.79 Å². The van der Waals surface area contributed by atoms with E-state index in [2.05, 4.69) is 20.9 Å². The number of halogens is 1. The van der Waals surface area contributed by atoms with Gasteiger partial charge in [0.1, 0.15) is 17.9 Å². The molecule has 8 heteroatoms. The minimum Gasteiger partial charge on any atom is -0.488 e. The van der Waals surface area contributed by atoms with Crippen molar-refractivity contribution >= 4 is 33.6 Å². The van der Waals surface area contributed by atoms with Crippen LogP contribution >= 0.6 is 15.9 Å². The molecule has 0 radical (unpaired) electrons. The first-order valence-corrected chi connectivity index (χ1v) is 8.61. The molecule has 3 heterocycles. The van der Waals surface area contributed by atoms with E-state index >= 15 is 0 Å². The number of likely N-dealkylation sites (tertiary alicyclic amines) is 1. The number of carbonyl (C=O) groups excluding carboxylic acids is 2. The first-order chi connectivity index (χ1) is 11.3. The lowest BCUT2D eigenvalue weighted by Gasteiger charge is -2.41. The normalized spacial score (nSPS) is 17.7. The van der Waals surface area contributed by atoms with Gasteiger partial charge >= 0.3 is 6.09 Å². The van der Waals surface area contributed by atoms with E-state index in [1.165, 1.54) is 0 Å². The Kier molecular flexibility index (Phi) is 4.42. The molecule has 2 amide bonds. The van der Waals surface area contributed by atoms with Crippen LogP contribution in [0.1, 0.15) is 20.8 Å². The van der Waals surface area contributed by atoms with Crippen molar-refractivity contribution < 1.29 is 19.1 Å². The van der Waals surface area contributed by atoms with Gasteiger partial charge in [0.2, 0.25) is 5.91 Å². The molecule has 2 aliphatic rings. The zero-order valence-corrected chi connectivity index (χ0v) is 15.5. The molecule has 1 aromatic rings. The van der Waals surface area contributed by atoms with Crippen LogP contribution in [0.2, 0.25) is 0 Å². The summed E-state index contributed by atoms with van der Waals surface area (Å²) in [6, 6.07) is 0. The molecule has 0 unspecified atom stereocenters. The van der Waals surface area contributed by atoms with Gasteiger partial charge in [0.05, 0.1) is 23.1 Å². The van der Waals surface area contributed by atoms with Gasteiger partial charge in [-0.05, 0) is 36.7 Å². The van der Waals surface area contributed by atoms with Crippen molar-refractivity contribution in [1.29, 1.82) is 0 Å². The van der Waals surface area contributed by atoms with E-state index in [9.17, 15) is 9.59 Å². The van der Waals surface area contributed by atoms with Crippen molar-refractivity contribution in [3.8, 4) is 5.75 Å². The number of carbonyl (C=O) groups is 2. The third-order valence-corrected chi connectivity index (χ3v) is 4.40. The van der Waals surface area contributed by atoms with Crippen molar-refractivity contribution in [2.75, 3.05) is 31.1 Å². The first-order valence-electron chi connectivity index (χ1n) is 7.82. The van der Waals surface area contributed by atoms with Gasteiger partial charge < -0.3 is 19.3 Å². The molecule has 1 aromatic heterocycles. The van der Waals surface area contributed by atoms with Crippen LogP contribution in [0.3, 0.4) is 0 Å². The first kappa shape index (κ1) is 17.0. The molecule has 0 aliphatic carbocycles. The molecule has 0 aromatic carbocycles. The van der Waals surface area contributed by atoms with Crippen LogP contribution < -0.4 is 9.64 Å². The maximum atomic E-state index is 12.8. The third kappa shape index (κ3) is 3.33. The molecule has 130 valence electrons. The van der Waals surface area contributed by atoms with E-state index in [1.807, 2.05) is 20.8 Å². The number of hydrogen-bond donors (Lipinski definition) is 0. The predicted molar refractivity (Wildman–Crippen MR) is 91.1 cm³/mol. The van der Waals surface area contributed by atoms with E-state index in [1.54, 1.807) is 22.2 Å². The summed E-state index contributed by atoms with van der Waals surface area (Å²) in [6.07, 6.45) is 2.89. The maximum absolute atomic E-state index is 12.8. The number of hydrogen-bond acceptors (Lipinski definition) is 5. The van der Waals surface area contributed by atoms with Crippen molar-refractivity contribution in [1.82, 2.24) is 9.88 Å². The molecule has 0 bridgehead atoms. The monoisotopic (exact) mass is 397 g/mol. The Bertz CT molecular complexity index is 668. The van der Waals surface area contributed by atoms with Crippen molar-refractivity contribution in [3.05, 3.63) is 16.9 Å². The summed E-state index contributed by atoms with van der Waals surface area (Å²) in [7, 11) is 0. The average molecular weight is 398 g/mol. The van der Waals surface area contributed by atoms with Crippen molar-refractivity contribution in [2.45, 2.75) is 26.4 Å². The minimum atomic E-state index is -0.534. The molecule has 24 heavy (non-hydrogen) atoms. The maximum Gasteiger partial charge on any atom is 0.410 e. The summed E-state index contributed by atoms with van der Waals surface area (Å²) in [5.41, 5.74) is 0.129. The predicted octanol–water partition coefficient (Wildman–Crippen LogP) is 2.44. The van der Waals surface area contributed by atoms with Gasteiger partial charge in [0, 0.05) is 19.3 Å². The summed E-state index contributed by atoms with van der Waals surface area (Å²) in [5, 5.41) is 0. The zero-order valence-electron chi connectivity index (χ0n) is 13.9. The molecular weight excluding hydrogens is 378 g/mol. The van der Waals surface area contributed by atoms with E-state index in [0.717, 1.165) is 4.47 Å². The highest BCUT2D eigenvalue weighted by Crippen LogP contribution is 2.38. The van der Waals surface area contributed by atoms with Gasteiger partial charge in [-0.15, -0.1) is 0 Å². The summed E-state index contributed by atoms with van der Waals surface area (Å²) < 4.78 is 11.7. The van der Waals surface area contributed by atoms with Crippen molar-refractivity contribution in [2.24, 2.45) is 5.92 Å². The number of anilines is 1. The van der Waals surface area contributed by atoms with E-state index in [0.29, 0.717) is 37.7 Å². The Morgan fingerprint density at radius 3 is 2.71 bits per heavy atom. The van der Waals surface area contributed by atoms with E-state index in [4.69, 9.17) is 9.47 Å². The fourth-order valence-electron chi connectivity index (χ4n) is 2.67. The lowest BCUT2D eigenvalue weighted by molar-refractivity contribution is -0.127. The van der Waals surface area contributed by atoms with Crippen LogP contribution in [-0.2, 0) is 9.53 Å². The number of amides is 2. The topological polar surface area (TPSA) is 72.0 Å². The molecule has 2 aliphatic heterocycles. The highest BCUT2D eigenvalue weighted by molar-refractivity contribution is 9.10. The van der Waals surface area contributed by atoms with Crippen LogP contribution in [0.5, 0.6) is 5.75 Å². The van der Waals surface area contributed by atoms with Gasteiger partial charge in [0.15, 0.2) is 5.75 Å². The molecule has 1 fully saturated rings. The molecule has 0 atom stereocenters. The second-order valence-electron chi connectivity index (χ2n) is 6.89. The van der Waals surface area contributed by atoms with Crippen LogP contribution in [0, 0.1) is 5.92 Å². The Morgan fingerprint density at radius 1 is 1.33 bits per heavy atom. The molecule has 7 nitrogen and oxygen atoms in total. The molecule has 3 rings (SSSR count). The molecular formula is C16H20BrN3O4. The highest BCUT2D eigenvalue weighted by atomic mass is 79.9. The summed E-state index contributed by atoms with van der Waals surface area (Å²) in [4.78, 5) is 32.1. The smallest absolute Gasteiger partial charge is 0.410 e. The van der Waals surface area contributed by atoms with E-state index < -0.39 is 5.60 Å². The van der Waals surface area contributed by atoms with Crippen LogP contribution in [0.4, 0.5) is 10.5 Å². The highest BCUT2D eigenvalue weighted by Gasteiger charge is 2.41. The number of ether oxygens (including phenoxy) is 2. The van der Waals surface area contributed by atoms with Gasteiger partial charge in [-0.3, -0.25) is 9.78 Å². The zero-order chi connectivity index (χ0) is 17.5. The molecule has 1 saturated heterocycles. The lowest BCUT2D eigenvalue weighted by Crippen LogP contribution is -2.58. The number of pyridine rings is 1. The molecule has 0 spiro atoms. The Hall–Kier alpha value is -1.83. The summed E-state index contributed by atoms with van der Waals surface area (Å²) in [6.45, 7) is 7.13. The Balaban J connectivity index is 1.64. The summed E-state index contributed by atoms with van der Waals surface area (Å²) in [5.74, 6) is 0.398. The second kappa shape index (κ2) is 6.23. The molecule has 0 N–H and O–H groups in total. The van der Waals surface area contributed by atoms with Gasteiger partial charge in [-0.1, -0.05) is 0 Å². The van der Waals surface area contributed by atoms with Crippen molar-refractivity contribution in [3.63, 3.8) is 0 Å². The second-order valence-corrected chi connectivity index (χ2v) is 7.74. The Morgan fingerprint density at radius 2 is 2.04 bits per heavy atom. The number of nitrogens with zero attached hydrogens (tertiary/aromatic N) is 3. The largest absolute Gasteiger partial charge is 0.488 e. The lowest BCUT2D eigenvalue weighted by atomic mass is 9.98. The average Bonchev–Trinajstić information content (AvgIpc) is 2.43. The number of fused-ring (bicyclic) bond motifs is 1. The standard InChI is InChI=1S/C16H20BrN3O4/c1-16(2,3)24-15(22)19-8-10(9-19)14(21)20-4-5-23-13-11(17)6-18-7-12(13)20/h6-7,10H,4-5,8-9H2,1-3H3. The fourth-order valence-corrected chi connectivity index (χ4v) is 3.10. The number of rotatable bonds is 1. The van der Waals surface area contributed by atoms with Crippen LogP contribution in [-0.4, -0.2) is 53.7 Å². The van der Waals surface area contributed by atoms with E-state index in [-0.39, 0.29) is 17.9 Å². The quantitative estimate of drug-likeness (QED) is 0.727. The van der Waals surface area contributed by atoms with Crippen LogP contribution in [0.15, 0.2) is 16.9 Å². The Labute approximate surface area is 149 Å². The number of aromatic nitrogens is 1. The third-order valence-electron chi connectivity index (χ3n) is 3.83.